The number of rotatable bonds is 8. The van der Waals surface area contributed by atoms with Crippen molar-refractivity contribution in [2.45, 2.75) is 19.8 Å². The van der Waals surface area contributed by atoms with Crippen LogP contribution in [0.1, 0.15) is 18.2 Å². The molecular weight excluding hydrogens is 254 g/mol. The summed E-state index contributed by atoms with van der Waals surface area (Å²) < 4.78 is 5.83. The Morgan fingerprint density at radius 2 is 2.29 bits per heavy atom. The summed E-state index contributed by atoms with van der Waals surface area (Å²) in [6.45, 7) is 4.87. The van der Waals surface area contributed by atoms with Crippen LogP contribution in [0, 0.1) is 0 Å². The Labute approximate surface area is 113 Å². The predicted molar refractivity (Wildman–Crippen MR) is 76.2 cm³/mol. The normalized spacial score (nSPS) is 12.1. The minimum absolute atomic E-state index is 0.774. The van der Waals surface area contributed by atoms with Crippen molar-refractivity contribution in [2.75, 3.05) is 26.8 Å². The number of hydrogen-bond donors (Lipinski definition) is 1. The fourth-order valence-corrected chi connectivity index (χ4v) is 2.70. The van der Waals surface area contributed by atoms with E-state index in [-0.39, 0.29) is 0 Å². The van der Waals surface area contributed by atoms with Gasteiger partial charge in [0.05, 0.1) is 10.9 Å². The summed E-state index contributed by atoms with van der Waals surface area (Å²) in [7, 11) is 1.72. The van der Waals surface area contributed by atoms with Gasteiger partial charge in [-0.25, -0.2) is 0 Å². The van der Waals surface area contributed by atoms with Crippen LogP contribution in [0.4, 0.5) is 0 Å². The summed E-state index contributed by atoms with van der Waals surface area (Å²) >= 11 is 7.56. The predicted octanol–water partition coefficient (Wildman–Crippen LogP) is 3.52. The van der Waals surface area contributed by atoms with Gasteiger partial charge in [0, 0.05) is 25.0 Å². The Morgan fingerprint density at radius 3 is 2.94 bits per heavy atom. The lowest BCUT2D eigenvalue weighted by atomic mass is 10.1. The van der Waals surface area contributed by atoms with E-state index in [1.807, 2.05) is 6.07 Å². The summed E-state index contributed by atoms with van der Waals surface area (Å²) in [4.78, 5) is 1.33. The topological polar surface area (TPSA) is 21.3 Å². The molecule has 0 unspecified atom stereocenters. The number of thiophene rings is 1. The third-order valence-corrected chi connectivity index (χ3v) is 3.61. The summed E-state index contributed by atoms with van der Waals surface area (Å²) in [5.74, 6) is 0. The van der Waals surface area contributed by atoms with E-state index >= 15 is 0 Å². The molecule has 0 amide bonds. The summed E-state index contributed by atoms with van der Waals surface area (Å²) in [6.07, 6.45) is 4.36. The molecule has 0 aromatic carbocycles. The Hall–Kier alpha value is -0.350. The van der Waals surface area contributed by atoms with E-state index in [1.165, 1.54) is 10.5 Å². The second kappa shape index (κ2) is 8.70. The zero-order chi connectivity index (χ0) is 12.5. The van der Waals surface area contributed by atoms with Crippen molar-refractivity contribution in [1.29, 1.82) is 0 Å². The molecule has 1 heterocycles. The van der Waals surface area contributed by atoms with Crippen LogP contribution in [0.25, 0.3) is 0 Å². The first-order valence-electron chi connectivity index (χ1n) is 5.82. The highest BCUT2D eigenvalue weighted by molar-refractivity contribution is 7.16. The van der Waals surface area contributed by atoms with Crippen LogP contribution in [0.15, 0.2) is 23.8 Å². The zero-order valence-corrected chi connectivity index (χ0v) is 12.0. The number of ether oxygens (including phenoxy) is 1. The van der Waals surface area contributed by atoms with Crippen molar-refractivity contribution >= 4 is 22.9 Å². The quantitative estimate of drug-likeness (QED) is 0.578. The number of halogens is 1. The monoisotopic (exact) mass is 273 g/mol. The van der Waals surface area contributed by atoms with E-state index < -0.39 is 0 Å². The van der Waals surface area contributed by atoms with E-state index in [2.05, 4.69) is 24.4 Å². The number of methoxy groups -OCH3 is 1. The van der Waals surface area contributed by atoms with E-state index in [4.69, 9.17) is 16.3 Å². The van der Waals surface area contributed by atoms with Crippen molar-refractivity contribution in [2.24, 2.45) is 0 Å². The summed E-state index contributed by atoms with van der Waals surface area (Å²) in [5, 5.41) is 3.32. The molecule has 1 aromatic rings. The van der Waals surface area contributed by atoms with Gasteiger partial charge in [-0.2, -0.15) is 0 Å². The molecule has 1 N–H and O–H groups in total. The lowest BCUT2D eigenvalue weighted by Crippen LogP contribution is -2.19. The third kappa shape index (κ3) is 6.84. The molecule has 0 aliphatic carbocycles. The molecule has 0 spiro atoms. The van der Waals surface area contributed by atoms with Crippen molar-refractivity contribution in [3.05, 3.63) is 33.0 Å². The molecule has 0 saturated carbocycles. The lowest BCUT2D eigenvalue weighted by Gasteiger charge is -2.02. The Kier molecular flexibility index (Phi) is 7.53. The van der Waals surface area contributed by atoms with Gasteiger partial charge >= 0.3 is 0 Å². The molecule has 0 bridgehead atoms. The van der Waals surface area contributed by atoms with Crippen molar-refractivity contribution in [3.8, 4) is 0 Å². The zero-order valence-electron chi connectivity index (χ0n) is 10.5. The molecular formula is C13H20ClNOS. The average Bonchev–Trinajstić information content (AvgIpc) is 2.69. The van der Waals surface area contributed by atoms with Crippen molar-refractivity contribution in [1.82, 2.24) is 5.32 Å². The highest BCUT2D eigenvalue weighted by Gasteiger charge is 1.98. The fraction of sp³-hybridized carbons (Fsp3) is 0.538. The maximum Gasteiger partial charge on any atom is 0.0931 e. The van der Waals surface area contributed by atoms with Gasteiger partial charge in [-0.15, -0.1) is 11.3 Å². The molecule has 0 radical (unpaired) electrons. The van der Waals surface area contributed by atoms with E-state index in [0.29, 0.717) is 0 Å². The van der Waals surface area contributed by atoms with Gasteiger partial charge in [0.25, 0.3) is 0 Å². The van der Waals surface area contributed by atoms with Gasteiger partial charge in [0.15, 0.2) is 0 Å². The highest BCUT2D eigenvalue weighted by atomic mass is 35.5. The van der Waals surface area contributed by atoms with Crippen molar-refractivity contribution in [3.63, 3.8) is 0 Å². The van der Waals surface area contributed by atoms with Gasteiger partial charge in [0.2, 0.25) is 0 Å². The maximum atomic E-state index is 5.90. The van der Waals surface area contributed by atoms with E-state index in [0.717, 1.165) is 36.9 Å². The molecule has 96 valence electrons. The molecule has 2 nitrogen and oxygen atoms in total. The van der Waals surface area contributed by atoms with Gasteiger partial charge in [-0.05, 0) is 32.0 Å². The molecule has 0 aliphatic heterocycles. The second-order valence-corrected chi connectivity index (χ2v) is 5.76. The second-order valence-electron chi connectivity index (χ2n) is 3.96. The Balaban J connectivity index is 2.16. The molecule has 1 rings (SSSR count). The Morgan fingerprint density at radius 1 is 1.47 bits per heavy atom. The maximum absolute atomic E-state index is 5.90. The van der Waals surface area contributed by atoms with Crippen LogP contribution in [0.3, 0.4) is 0 Å². The summed E-state index contributed by atoms with van der Waals surface area (Å²) in [5.41, 5.74) is 1.40. The van der Waals surface area contributed by atoms with Gasteiger partial charge < -0.3 is 10.1 Å². The van der Waals surface area contributed by atoms with Gasteiger partial charge in [-0.3, -0.25) is 0 Å². The van der Waals surface area contributed by atoms with Crippen LogP contribution >= 0.6 is 22.9 Å². The molecule has 0 aliphatic rings. The molecule has 17 heavy (non-hydrogen) atoms. The molecule has 1 aromatic heterocycles. The first-order chi connectivity index (χ1) is 8.22. The third-order valence-electron chi connectivity index (χ3n) is 2.38. The SMILES string of the molecule is COCCNCCC=C(C)Cc1ccc(Cl)s1. The smallest absolute Gasteiger partial charge is 0.0931 e. The van der Waals surface area contributed by atoms with Gasteiger partial charge in [-0.1, -0.05) is 23.3 Å². The fourth-order valence-electron chi connectivity index (χ4n) is 1.51. The van der Waals surface area contributed by atoms with Crippen LogP contribution in [0.2, 0.25) is 4.34 Å². The van der Waals surface area contributed by atoms with Gasteiger partial charge in [0.1, 0.15) is 0 Å². The first-order valence-corrected chi connectivity index (χ1v) is 7.01. The van der Waals surface area contributed by atoms with E-state index in [1.54, 1.807) is 18.4 Å². The Bertz CT molecular complexity index is 349. The molecule has 4 heteroatoms. The number of hydrogen-bond acceptors (Lipinski definition) is 3. The minimum Gasteiger partial charge on any atom is -0.383 e. The molecule has 0 atom stereocenters. The highest BCUT2D eigenvalue weighted by Crippen LogP contribution is 2.23. The number of allylic oxidation sites excluding steroid dienone is 1. The molecule has 0 saturated heterocycles. The average molecular weight is 274 g/mol. The standard InChI is InChI=1S/C13H20ClNOS/c1-11(4-3-7-15-8-9-16-2)10-12-5-6-13(14)17-12/h4-6,15H,3,7-10H2,1-2H3. The largest absolute Gasteiger partial charge is 0.383 e. The lowest BCUT2D eigenvalue weighted by molar-refractivity contribution is 0.199. The van der Waals surface area contributed by atoms with Crippen molar-refractivity contribution < 1.29 is 4.74 Å². The van der Waals surface area contributed by atoms with Crippen LogP contribution in [-0.2, 0) is 11.2 Å². The number of nitrogens with one attached hydrogen (secondary N) is 1. The van der Waals surface area contributed by atoms with Crippen LogP contribution in [0.5, 0.6) is 0 Å². The molecule has 0 fully saturated rings. The van der Waals surface area contributed by atoms with Crippen LogP contribution in [-0.4, -0.2) is 26.8 Å². The van der Waals surface area contributed by atoms with Crippen LogP contribution < -0.4 is 5.32 Å². The van der Waals surface area contributed by atoms with E-state index in [9.17, 15) is 0 Å². The first kappa shape index (κ1) is 14.7. The summed E-state index contributed by atoms with van der Waals surface area (Å²) in [6, 6.07) is 4.06. The minimum atomic E-state index is 0.774.